The van der Waals surface area contributed by atoms with Crippen LogP contribution in [0.1, 0.15) is 62.1 Å². The largest absolute Gasteiger partial charge is 0.478 e. The molecule has 18 nitrogen and oxygen atoms in total. The fourth-order valence-corrected chi connectivity index (χ4v) is 7.19. The van der Waals surface area contributed by atoms with Crippen LogP contribution >= 0.6 is 0 Å². The molecule has 6 aromatic carbocycles. The Morgan fingerprint density at radius 1 is 0.261 bits per heavy atom. The minimum Gasteiger partial charge on any atom is -0.478 e. The first-order valence-corrected chi connectivity index (χ1v) is 19.2. The molecule has 357 valence electrons. The minimum absolute atomic E-state index is 0. The van der Waals surface area contributed by atoms with E-state index in [1.165, 1.54) is 72.8 Å². The summed E-state index contributed by atoms with van der Waals surface area (Å²) >= 11 is 0. The Balaban J connectivity index is 0.000000288. The van der Waals surface area contributed by atoms with Crippen molar-refractivity contribution in [2.45, 2.75) is 0 Å². The Morgan fingerprint density at radius 2 is 0.420 bits per heavy atom. The van der Waals surface area contributed by atoms with E-state index in [1.807, 2.05) is 0 Å². The molecule has 0 bridgehead atoms. The predicted octanol–water partition coefficient (Wildman–Crippen LogP) is 7.93. The van der Waals surface area contributed by atoms with Crippen molar-refractivity contribution < 1.29 is 111 Å². The van der Waals surface area contributed by atoms with E-state index >= 15 is 0 Å². The van der Waals surface area contributed by atoms with Crippen LogP contribution < -0.4 is 0 Å². The number of rotatable bonds is 12. The quantitative estimate of drug-likeness (QED) is 0.0633. The van der Waals surface area contributed by atoms with Gasteiger partial charge >= 0.3 is 35.8 Å². The second-order valence-corrected chi connectivity index (χ2v) is 13.8. The van der Waals surface area contributed by atoms with E-state index in [1.54, 1.807) is 72.8 Å². The monoisotopic (exact) mass is 1070 g/mol. The summed E-state index contributed by atoms with van der Waals surface area (Å²) in [4.78, 5) is 71.5. The van der Waals surface area contributed by atoms with E-state index in [-0.39, 0.29) is 152 Å². The summed E-state index contributed by atoms with van der Waals surface area (Å²) in [6.07, 6.45) is 0. The molecule has 3 radical (unpaired) electrons. The van der Waals surface area contributed by atoms with E-state index in [0.717, 1.165) is 0 Å². The summed E-state index contributed by atoms with van der Waals surface area (Å²) in [5.41, 5.74) is 1.19. The van der Waals surface area contributed by atoms with Crippen LogP contribution in [-0.2, 0) is 51.2 Å². The Kier molecular flexibility index (Phi) is 18.1. The predicted molar refractivity (Wildman–Crippen MR) is 234 cm³/mol. The maximum Gasteiger partial charge on any atom is 0.336 e. The normalized spacial score (nSPS) is 10.1. The van der Waals surface area contributed by atoms with Crippen LogP contribution in [0.2, 0.25) is 0 Å². The molecule has 8 rings (SSSR count). The molecular weight excluding hydrogens is 1040 g/mol. The molecule has 2 aromatic heterocycles. The molecule has 21 heteroatoms. The molecule has 8 aromatic rings. The van der Waals surface area contributed by atoms with Gasteiger partial charge in [-0.2, -0.15) is 0 Å². The van der Waals surface area contributed by atoms with Gasteiger partial charge in [-0.1, -0.05) is 109 Å². The topological polar surface area (TPSA) is 301 Å². The molecule has 0 saturated carbocycles. The average molecular weight is 1070 g/mol. The molecule has 0 aliphatic rings. The SMILES string of the molecule is O=C(O)c1ccccc1-c1nnnc(-c2ccccc2C(=O)O)c1-c1ccccc1C(=O)O.O=C(O)c1ccccc1-c1nnnc(-c2ccccc2C(=O)O)c1-c1ccccc1C(=O)O.[Cu].[Cu].[Cu]. The van der Waals surface area contributed by atoms with E-state index in [2.05, 4.69) is 30.8 Å². The van der Waals surface area contributed by atoms with E-state index < -0.39 is 35.8 Å². The molecule has 0 saturated heterocycles. The molecule has 2 heterocycles. The zero-order chi connectivity index (χ0) is 47.1. The van der Waals surface area contributed by atoms with Crippen molar-refractivity contribution in [2.75, 3.05) is 0 Å². The van der Waals surface area contributed by atoms with Crippen molar-refractivity contribution in [3.63, 3.8) is 0 Å². The Bertz CT molecular complexity index is 2920. The molecule has 69 heavy (non-hydrogen) atoms. The van der Waals surface area contributed by atoms with Crippen LogP contribution in [0.4, 0.5) is 0 Å². The number of hydrogen-bond acceptors (Lipinski definition) is 12. The molecule has 0 aliphatic carbocycles. The van der Waals surface area contributed by atoms with Crippen molar-refractivity contribution in [3.05, 3.63) is 179 Å². The summed E-state index contributed by atoms with van der Waals surface area (Å²) < 4.78 is 0. The summed E-state index contributed by atoms with van der Waals surface area (Å²) in [7, 11) is 0. The minimum atomic E-state index is -1.22. The smallest absolute Gasteiger partial charge is 0.336 e. The summed E-state index contributed by atoms with van der Waals surface area (Å²) in [6, 6.07) is 36.4. The molecule has 6 N–H and O–H groups in total. The van der Waals surface area contributed by atoms with Gasteiger partial charge in [-0.05, 0) is 46.8 Å². The zero-order valence-corrected chi connectivity index (χ0v) is 37.4. The first kappa shape index (κ1) is 53.3. The summed E-state index contributed by atoms with van der Waals surface area (Å²) in [5.74, 6) is -7.30. The van der Waals surface area contributed by atoms with Gasteiger partial charge in [-0.25, -0.2) is 28.8 Å². The van der Waals surface area contributed by atoms with Crippen molar-refractivity contribution in [1.29, 1.82) is 0 Å². The van der Waals surface area contributed by atoms with Gasteiger partial charge in [-0.3, -0.25) is 0 Å². The van der Waals surface area contributed by atoms with E-state index in [0.29, 0.717) is 0 Å². The van der Waals surface area contributed by atoms with Crippen LogP contribution in [-0.4, -0.2) is 97.3 Å². The average Bonchev–Trinajstić information content (AvgIpc) is 3.33. The van der Waals surface area contributed by atoms with Gasteiger partial charge in [0, 0.05) is 95.7 Å². The number of carbonyl (C=O) groups is 6. The Labute approximate surface area is 421 Å². The first-order chi connectivity index (χ1) is 31.8. The first-order valence-electron chi connectivity index (χ1n) is 19.2. The molecular formula is C48H30Cu3N6O12. The third-order valence-electron chi connectivity index (χ3n) is 10.0. The van der Waals surface area contributed by atoms with Crippen LogP contribution in [0.3, 0.4) is 0 Å². The number of benzene rings is 6. The van der Waals surface area contributed by atoms with Crippen LogP contribution in [0, 0.1) is 0 Å². The molecule has 0 fully saturated rings. The van der Waals surface area contributed by atoms with Gasteiger partial charge < -0.3 is 30.6 Å². The summed E-state index contributed by atoms with van der Waals surface area (Å²) in [6.45, 7) is 0. The van der Waals surface area contributed by atoms with Gasteiger partial charge in [0.2, 0.25) is 0 Å². The fraction of sp³-hybridized carbons (Fsp3) is 0. The van der Waals surface area contributed by atoms with Crippen molar-refractivity contribution in [2.24, 2.45) is 0 Å². The van der Waals surface area contributed by atoms with Crippen LogP contribution in [0.5, 0.6) is 0 Å². The molecule has 0 spiro atoms. The molecule has 0 unspecified atom stereocenters. The number of aromatic carboxylic acids is 6. The summed E-state index contributed by atoms with van der Waals surface area (Å²) in [5, 5.41) is 82.2. The number of nitrogens with zero attached hydrogens (tertiary/aromatic N) is 6. The number of carboxylic acids is 6. The van der Waals surface area contributed by atoms with Crippen molar-refractivity contribution >= 4 is 35.8 Å². The maximum atomic E-state index is 12.0. The number of hydrogen-bond donors (Lipinski definition) is 6. The van der Waals surface area contributed by atoms with E-state index in [4.69, 9.17) is 0 Å². The number of carboxylic acid groups (broad SMARTS) is 6. The standard InChI is InChI=1S/2C24H15N3O6.3Cu/c2*28-22(29)16-10-4-1-7-13(16)19-20(14-8-2-5-11-17(14)23(30)31)25-27-26-21(19)15-9-3-6-12-18(15)24(32)33;;;/h2*1-12H,(H,28,29)(H,30,31)(H,32,33);;;. The van der Waals surface area contributed by atoms with Gasteiger partial charge in [0.15, 0.2) is 0 Å². The second kappa shape index (κ2) is 23.4. The van der Waals surface area contributed by atoms with Gasteiger partial charge in [-0.15, -0.1) is 20.4 Å². The third-order valence-corrected chi connectivity index (χ3v) is 10.0. The van der Waals surface area contributed by atoms with Gasteiger partial charge in [0.25, 0.3) is 0 Å². The van der Waals surface area contributed by atoms with Crippen LogP contribution in [0.25, 0.3) is 67.3 Å². The third kappa shape index (κ3) is 11.1. The van der Waals surface area contributed by atoms with Gasteiger partial charge in [0.1, 0.15) is 22.8 Å². The van der Waals surface area contributed by atoms with Gasteiger partial charge in [0.05, 0.1) is 33.4 Å². The van der Waals surface area contributed by atoms with Crippen LogP contribution in [0.15, 0.2) is 146 Å². The second-order valence-electron chi connectivity index (χ2n) is 13.8. The number of aromatic nitrogens is 6. The van der Waals surface area contributed by atoms with Crippen molar-refractivity contribution in [1.82, 2.24) is 30.8 Å². The molecule has 0 amide bonds. The van der Waals surface area contributed by atoms with Crippen molar-refractivity contribution in [3.8, 4) is 67.3 Å². The molecule has 0 atom stereocenters. The maximum absolute atomic E-state index is 12.0. The Hall–Kier alpha value is -8.28. The fourth-order valence-electron chi connectivity index (χ4n) is 7.19. The zero-order valence-electron chi connectivity index (χ0n) is 34.6. The molecule has 0 aliphatic heterocycles. The Morgan fingerprint density at radius 3 is 0.609 bits per heavy atom. The van der Waals surface area contributed by atoms with E-state index in [9.17, 15) is 59.4 Å².